The number of carbonyl (C=O) groups is 1. The van der Waals surface area contributed by atoms with Gasteiger partial charge in [-0.25, -0.2) is 0 Å². The van der Waals surface area contributed by atoms with E-state index in [0.29, 0.717) is 23.0 Å². The number of ketones is 1. The smallest absolute Gasteiger partial charge is 0.176 e. The van der Waals surface area contributed by atoms with Gasteiger partial charge in [-0.15, -0.1) is 0 Å². The molecule has 1 N–H and O–H groups in total. The average molecular weight is 254 g/mol. The van der Waals surface area contributed by atoms with Crippen LogP contribution in [0.2, 0.25) is 5.02 Å². The van der Waals surface area contributed by atoms with Gasteiger partial charge in [0.05, 0.1) is 6.54 Å². The highest BCUT2D eigenvalue weighted by atomic mass is 35.5. The van der Waals surface area contributed by atoms with Crippen LogP contribution in [0.1, 0.15) is 16.8 Å². The van der Waals surface area contributed by atoms with E-state index >= 15 is 0 Å². The monoisotopic (exact) mass is 253 g/mol. The predicted octanol–water partition coefficient (Wildman–Crippen LogP) is 1.84. The van der Waals surface area contributed by atoms with Crippen LogP contribution in [-0.4, -0.2) is 42.0 Å². The first-order valence-electron chi connectivity index (χ1n) is 5.81. The van der Waals surface area contributed by atoms with Crippen molar-refractivity contribution in [3.63, 3.8) is 0 Å². The summed E-state index contributed by atoms with van der Waals surface area (Å²) >= 11 is 5.78. The molecule has 0 aliphatic carbocycles. The van der Waals surface area contributed by atoms with E-state index in [-0.39, 0.29) is 12.4 Å². The Morgan fingerprint density at radius 1 is 1.41 bits per heavy atom. The summed E-state index contributed by atoms with van der Waals surface area (Å²) in [6, 6.07) is 6.97. The van der Waals surface area contributed by atoms with Gasteiger partial charge >= 0.3 is 0 Å². The minimum absolute atomic E-state index is 0.111. The van der Waals surface area contributed by atoms with Crippen LogP contribution in [0.4, 0.5) is 0 Å². The highest BCUT2D eigenvalue weighted by Gasteiger charge is 2.23. The Bertz CT molecular complexity index is 391. The molecule has 0 bridgehead atoms. The van der Waals surface area contributed by atoms with Crippen LogP contribution in [0.25, 0.3) is 0 Å². The fraction of sp³-hybridized carbons (Fsp3) is 0.462. The second-order valence-electron chi connectivity index (χ2n) is 4.50. The molecule has 0 amide bonds. The molecule has 17 heavy (non-hydrogen) atoms. The highest BCUT2D eigenvalue weighted by Crippen LogP contribution is 2.16. The lowest BCUT2D eigenvalue weighted by Gasteiger charge is -2.14. The van der Waals surface area contributed by atoms with Crippen molar-refractivity contribution in [2.75, 3.05) is 26.2 Å². The van der Waals surface area contributed by atoms with Gasteiger partial charge in [0.25, 0.3) is 0 Å². The third-order valence-electron chi connectivity index (χ3n) is 3.16. The third-order valence-corrected chi connectivity index (χ3v) is 3.41. The Morgan fingerprint density at radius 3 is 2.71 bits per heavy atom. The average Bonchev–Trinajstić information content (AvgIpc) is 2.77. The lowest BCUT2D eigenvalue weighted by molar-refractivity contribution is 0.0940. The molecule has 1 aliphatic heterocycles. The van der Waals surface area contributed by atoms with Gasteiger partial charge in [-0.2, -0.15) is 0 Å². The molecule has 4 heteroatoms. The maximum atomic E-state index is 12.0. The van der Waals surface area contributed by atoms with Crippen molar-refractivity contribution in [3.8, 4) is 0 Å². The molecule has 0 spiro atoms. The lowest BCUT2D eigenvalue weighted by atomic mass is 10.1. The second-order valence-corrected chi connectivity index (χ2v) is 4.94. The van der Waals surface area contributed by atoms with Crippen LogP contribution < -0.4 is 0 Å². The van der Waals surface area contributed by atoms with Gasteiger partial charge in [-0.3, -0.25) is 9.69 Å². The zero-order chi connectivity index (χ0) is 12.3. The SMILES string of the molecule is O=C(CN1CC[C@@H](CO)C1)c1ccc(Cl)cc1. The summed E-state index contributed by atoms with van der Waals surface area (Å²) in [5.74, 6) is 0.438. The number of aliphatic hydroxyl groups excluding tert-OH is 1. The molecular formula is C13H16ClNO2. The van der Waals surface area contributed by atoms with Gasteiger partial charge in [-0.1, -0.05) is 11.6 Å². The van der Waals surface area contributed by atoms with Crippen molar-refractivity contribution >= 4 is 17.4 Å². The predicted molar refractivity (Wildman–Crippen MR) is 67.4 cm³/mol. The van der Waals surface area contributed by atoms with Gasteiger partial charge in [0.2, 0.25) is 0 Å². The van der Waals surface area contributed by atoms with E-state index in [4.69, 9.17) is 16.7 Å². The Morgan fingerprint density at radius 2 is 2.12 bits per heavy atom. The topological polar surface area (TPSA) is 40.5 Å². The van der Waals surface area contributed by atoms with E-state index < -0.39 is 0 Å². The lowest BCUT2D eigenvalue weighted by Crippen LogP contribution is -2.28. The molecular weight excluding hydrogens is 238 g/mol. The van der Waals surface area contributed by atoms with Gasteiger partial charge in [0.15, 0.2) is 5.78 Å². The molecule has 0 aromatic heterocycles. The highest BCUT2D eigenvalue weighted by molar-refractivity contribution is 6.30. The van der Waals surface area contributed by atoms with Crippen molar-refractivity contribution in [1.82, 2.24) is 4.90 Å². The summed E-state index contributed by atoms with van der Waals surface area (Å²) in [4.78, 5) is 14.1. The summed E-state index contributed by atoms with van der Waals surface area (Å²) in [6.07, 6.45) is 0.977. The number of Topliss-reactive ketones (excluding diaryl/α,β-unsaturated/α-hetero) is 1. The van der Waals surface area contributed by atoms with Crippen LogP contribution in [0.15, 0.2) is 24.3 Å². The van der Waals surface area contributed by atoms with E-state index in [1.165, 1.54) is 0 Å². The van der Waals surface area contributed by atoms with E-state index in [1.807, 2.05) is 0 Å². The molecule has 92 valence electrons. The molecule has 1 aromatic carbocycles. The van der Waals surface area contributed by atoms with Gasteiger partial charge in [0.1, 0.15) is 0 Å². The quantitative estimate of drug-likeness (QED) is 0.833. The molecule has 2 rings (SSSR count). The first-order chi connectivity index (χ1) is 8.19. The minimum Gasteiger partial charge on any atom is -0.396 e. The number of hydrogen-bond acceptors (Lipinski definition) is 3. The first-order valence-corrected chi connectivity index (χ1v) is 6.19. The summed E-state index contributed by atoms with van der Waals surface area (Å²) in [5.41, 5.74) is 0.696. The van der Waals surface area contributed by atoms with E-state index in [9.17, 15) is 4.79 Å². The molecule has 1 aliphatic rings. The number of hydrogen-bond donors (Lipinski definition) is 1. The third kappa shape index (κ3) is 3.28. The van der Waals surface area contributed by atoms with Gasteiger partial charge < -0.3 is 5.11 Å². The van der Waals surface area contributed by atoms with Crippen molar-refractivity contribution in [1.29, 1.82) is 0 Å². The molecule has 1 heterocycles. The Hall–Kier alpha value is -0.900. The zero-order valence-corrected chi connectivity index (χ0v) is 10.4. The molecule has 1 fully saturated rings. The number of nitrogens with zero attached hydrogens (tertiary/aromatic N) is 1. The molecule has 0 radical (unpaired) electrons. The van der Waals surface area contributed by atoms with Crippen molar-refractivity contribution < 1.29 is 9.90 Å². The fourth-order valence-corrected chi connectivity index (χ4v) is 2.26. The van der Waals surface area contributed by atoms with E-state index in [1.54, 1.807) is 24.3 Å². The van der Waals surface area contributed by atoms with Crippen LogP contribution in [0.5, 0.6) is 0 Å². The van der Waals surface area contributed by atoms with E-state index in [0.717, 1.165) is 19.5 Å². The number of halogens is 1. The molecule has 0 unspecified atom stereocenters. The number of rotatable bonds is 4. The molecule has 1 atom stereocenters. The largest absolute Gasteiger partial charge is 0.396 e. The van der Waals surface area contributed by atoms with Crippen LogP contribution in [-0.2, 0) is 0 Å². The Balaban J connectivity index is 1.91. The fourth-order valence-electron chi connectivity index (χ4n) is 2.14. The van der Waals surface area contributed by atoms with Crippen LogP contribution in [0, 0.1) is 5.92 Å². The maximum absolute atomic E-state index is 12.0. The van der Waals surface area contributed by atoms with Crippen molar-refractivity contribution in [3.05, 3.63) is 34.9 Å². The summed E-state index contributed by atoms with van der Waals surface area (Å²) < 4.78 is 0. The molecule has 1 saturated heterocycles. The normalized spacial score (nSPS) is 20.7. The number of benzene rings is 1. The zero-order valence-electron chi connectivity index (χ0n) is 9.60. The second kappa shape index (κ2) is 5.63. The van der Waals surface area contributed by atoms with Crippen molar-refractivity contribution in [2.24, 2.45) is 5.92 Å². The molecule has 1 aromatic rings. The van der Waals surface area contributed by atoms with Crippen LogP contribution in [0.3, 0.4) is 0 Å². The van der Waals surface area contributed by atoms with Gasteiger partial charge in [0, 0.05) is 23.7 Å². The maximum Gasteiger partial charge on any atom is 0.176 e. The number of carbonyl (C=O) groups excluding carboxylic acids is 1. The number of likely N-dealkylation sites (tertiary alicyclic amines) is 1. The van der Waals surface area contributed by atoms with Crippen LogP contribution >= 0.6 is 11.6 Å². The van der Waals surface area contributed by atoms with E-state index in [2.05, 4.69) is 4.90 Å². The van der Waals surface area contributed by atoms with Gasteiger partial charge in [-0.05, 0) is 43.1 Å². The van der Waals surface area contributed by atoms with Crippen molar-refractivity contribution in [2.45, 2.75) is 6.42 Å². The standard InChI is InChI=1S/C13H16ClNO2/c14-12-3-1-11(2-4-12)13(17)8-15-6-5-10(7-15)9-16/h1-4,10,16H,5-9H2/t10-/m1/s1. The number of aliphatic hydroxyl groups is 1. The minimum atomic E-state index is 0.111. The first kappa shape index (κ1) is 12.6. The summed E-state index contributed by atoms with van der Waals surface area (Å²) in [6.45, 7) is 2.35. The molecule has 0 saturated carbocycles. The summed E-state index contributed by atoms with van der Waals surface area (Å²) in [5, 5.41) is 9.68. The Kier molecular flexibility index (Phi) is 4.15. The summed E-state index contributed by atoms with van der Waals surface area (Å²) in [7, 11) is 0. The Labute approximate surface area is 106 Å². The molecule has 3 nitrogen and oxygen atoms in total.